The maximum absolute atomic E-state index is 12.4. The topological polar surface area (TPSA) is 156 Å². The van der Waals surface area contributed by atoms with E-state index in [-0.39, 0.29) is 29.4 Å². The number of benzene rings is 1. The molecule has 0 aliphatic heterocycles. The molecule has 0 radical (unpaired) electrons. The Morgan fingerprint density at radius 3 is 2.69 bits per heavy atom. The zero-order valence-corrected chi connectivity index (χ0v) is 15.1. The van der Waals surface area contributed by atoms with Crippen LogP contribution in [0.4, 0.5) is 17.1 Å². The van der Waals surface area contributed by atoms with E-state index in [1.165, 1.54) is 41.2 Å². The number of hydrogen-bond acceptors (Lipinski definition) is 8. The number of amides is 1. The van der Waals surface area contributed by atoms with Crippen LogP contribution in [0.25, 0.3) is 0 Å². The highest BCUT2D eigenvalue weighted by Crippen LogP contribution is 2.29. The first-order valence-corrected chi connectivity index (χ1v) is 8.35. The van der Waals surface area contributed by atoms with Crippen molar-refractivity contribution < 1.29 is 23.8 Å². The van der Waals surface area contributed by atoms with Crippen molar-refractivity contribution in [3.63, 3.8) is 0 Å². The number of carbonyl (C=O) groups is 1. The fraction of sp³-hybridized carbons (Fsp3) is 0.176. The summed E-state index contributed by atoms with van der Waals surface area (Å²) < 4.78 is 11.9. The van der Waals surface area contributed by atoms with E-state index in [9.17, 15) is 25.0 Å². The maximum Gasteiger partial charge on any atom is 0.307 e. The van der Waals surface area contributed by atoms with Crippen LogP contribution in [0.3, 0.4) is 0 Å². The second-order valence-electron chi connectivity index (χ2n) is 5.74. The van der Waals surface area contributed by atoms with Gasteiger partial charge in [-0.25, -0.2) is 0 Å². The molecular formula is C17H15N5O7. The Kier molecular flexibility index (Phi) is 5.53. The van der Waals surface area contributed by atoms with Gasteiger partial charge in [0.2, 0.25) is 0 Å². The van der Waals surface area contributed by atoms with E-state index in [1.807, 2.05) is 0 Å². The van der Waals surface area contributed by atoms with E-state index in [0.29, 0.717) is 18.1 Å². The lowest BCUT2D eigenvalue weighted by Crippen LogP contribution is -2.12. The zero-order valence-electron chi connectivity index (χ0n) is 15.1. The van der Waals surface area contributed by atoms with Crippen molar-refractivity contribution in [2.24, 2.45) is 0 Å². The number of anilines is 1. The van der Waals surface area contributed by atoms with Crippen LogP contribution >= 0.6 is 0 Å². The van der Waals surface area contributed by atoms with Gasteiger partial charge in [-0.3, -0.25) is 29.7 Å². The van der Waals surface area contributed by atoms with Gasteiger partial charge >= 0.3 is 5.69 Å². The van der Waals surface area contributed by atoms with E-state index in [2.05, 4.69) is 10.4 Å². The van der Waals surface area contributed by atoms with Gasteiger partial charge in [0.1, 0.15) is 29.6 Å². The fourth-order valence-electron chi connectivity index (χ4n) is 2.49. The molecule has 0 spiro atoms. The Balaban J connectivity index is 1.73. The highest BCUT2D eigenvalue weighted by Gasteiger charge is 2.20. The van der Waals surface area contributed by atoms with E-state index in [1.54, 1.807) is 6.92 Å². The molecule has 0 aliphatic carbocycles. The number of furan rings is 1. The van der Waals surface area contributed by atoms with Crippen molar-refractivity contribution in [3.8, 4) is 5.75 Å². The highest BCUT2D eigenvalue weighted by molar-refractivity contribution is 6.03. The van der Waals surface area contributed by atoms with Crippen molar-refractivity contribution in [3.05, 3.63) is 74.5 Å². The molecule has 3 rings (SSSR count). The molecule has 12 nitrogen and oxygen atoms in total. The summed E-state index contributed by atoms with van der Waals surface area (Å²) in [5.41, 5.74) is -0.499. The lowest BCUT2D eigenvalue weighted by Gasteiger charge is -2.07. The number of nitro groups is 2. The smallest absolute Gasteiger partial charge is 0.307 e. The zero-order chi connectivity index (χ0) is 21.0. The highest BCUT2D eigenvalue weighted by atomic mass is 16.6. The third-order valence-electron chi connectivity index (χ3n) is 3.76. The van der Waals surface area contributed by atoms with E-state index in [4.69, 9.17) is 9.15 Å². The molecule has 0 fully saturated rings. The average Bonchev–Trinajstić information content (AvgIpc) is 3.33. The molecule has 0 saturated carbocycles. The van der Waals surface area contributed by atoms with E-state index >= 15 is 0 Å². The monoisotopic (exact) mass is 401 g/mol. The normalized spacial score (nSPS) is 10.5. The van der Waals surface area contributed by atoms with Gasteiger partial charge in [0.15, 0.2) is 5.76 Å². The van der Waals surface area contributed by atoms with Gasteiger partial charge < -0.3 is 14.5 Å². The molecule has 0 atom stereocenters. The first-order valence-electron chi connectivity index (χ1n) is 8.35. The van der Waals surface area contributed by atoms with Crippen LogP contribution in [0.15, 0.2) is 47.1 Å². The molecule has 2 aromatic heterocycles. The fourth-order valence-corrected chi connectivity index (χ4v) is 2.49. The van der Waals surface area contributed by atoms with Crippen LogP contribution in [0, 0.1) is 20.2 Å². The van der Waals surface area contributed by atoms with Crippen LogP contribution in [-0.2, 0) is 6.54 Å². The van der Waals surface area contributed by atoms with Crippen molar-refractivity contribution in [2.75, 3.05) is 11.9 Å². The Bertz CT molecular complexity index is 1070. The maximum atomic E-state index is 12.4. The van der Waals surface area contributed by atoms with Gasteiger partial charge in [-0.15, -0.1) is 0 Å². The van der Waals surface area contributed by atoms with E-state index < -0.39 is 15.8 Å². The summed E-state index contributed by atoms with van der Waals surface area (Å²) in [5, 5.41) is 28.2. The van der Waals surface area contributed by atoms with Crippen molar-refractivity contribution in [2.45, 2.75) is 13.5 Å². The number of nitro benzene ring substituents is 1. The molecule has 1 aromatic carbocycles. The van der Waals surface area contributed by atoms with Gasteiger partial charge in [0.05, 0.1) is 29.1 Å². The largest absolute Gasteiger partial charge is 0.494 e. The first-order chi connectivity index (χ1) is 13.9. The minimum atomic E-state index is -0.685. The standard InChI is InChI=1S/C17H15N5O7/c1-2-28-12-3-5-14(15(7-12)22(26)27)19-17(23)16-6-4-13(29-16)10-20-9-11(8-18-20)21(24)25/h3-9H,2,10H2,1H3,(H,19,23). The lowest BCUT2D eigenvalue weighted by molar-refractivity contribution is -0.385. The number of rotatable bonds is 8. The number of carbonyl (C=O) groups excluding carboxylic acids is 1. The lowest BCUT2D eigenvalue weighted by atomic mass is 10.2. The Hall–Kier alpha value is -4.22. The first kappa shape index (κ1) is 19.5. The van der Waals surface area contributed by atoms with Gasteiger partial charge in [0.25, 0.3) is 11.6 Å². The number of nitrogens with zero attached hydrogens (tertiary/aromatic N) is 4. The molecule has 3 aromatic rings. The second-order valence-corrected chi connectivity index (χ2v) is 5.74. The van der Waals surface area contributed by atoms with Crippen LogP contribution in [0.2, 0.25) is 0 Å². The summed E-state index contributed by atoms with van der Waals surface area (Å²) in [4.78, 5) is 33.1. The molecule has 2 heterocycles. The SMILES string of the molecule is CCOc1ccc(NC(=O)c2ccc(Cn3cc([N+](=O)[O-])cn3)o2)c([N+](=O)[O-])c1. The summed E-state index contributed by atoms with van der Waals surface area (Å²) in [7, 11) is 0. The van der Waals surface area contributed by atoms with Crippen LogP contribution in [0.5, 0.6) is 5.75 Å². The number of hydrogen-bond donors (Lipinski definition) is 1. The molecule has 1 amide bonds. The molecular weight excluding hydrogens is 386 g/mol. The molecule has 0 bridgehead atoms. The van der Waals surface area contributed by atoms with E-state index in [0.717, 1.165) is 6.20 Å². The van der Waals surface area contributed by atoms with Crippen LogP contribution in [-0.4, -0.2) is 32.1 Å². The molecule has 0 aliphatic rings. The molecule has 150 valence electrons. The Labute approximate surface area is 163 Å². The third kappa shape index (κ3) is 4.55. The van der Waals surface area contributed by atoms with Crippen molar-refractivity contribution in [1.82, 2.24) is 9.78 Å². The van der Waals surface area contributed by atoms with Gasteiger partial charge in [-0.05, 0) is 31.2 Å². The molecule has 1 N–H and O–H groups in total. The quantitative estimate of drug-likeness (QED) is 0.446. The minimum absolute atomic E-state index is 0.0101. The molecule has 0 saturated heterocycles. The third-order valence-corrected chi connectivity index (χ3v) is 3.76. The average molecular weight is 401 g/mol. The van der Waals surface area contributed by atoms with Crippen LogP contribution < -0.4 is 10.1 Å². The van der Waals surface area contributed by atoms with Crippen molar-refractivity contribution in [1.29, 1.82) is 0 Å². The van der Waals surface area contributed by atoms with Crippen molar-refractivity contribution >= 4 is 23.0 Å². The van der Waals surface area contributed by atoms with Gasteiger partial charge in [0, 0.05) is 0 Å². The summed E-state index contributed by atoms with van der Waals surface area (Å²) in [6.07, 6.45) is 2.33. The Morgan fingerprint density at radius 2 is 2.03 bits per heavy atom. The number of aromatic nitrogens is 2. The number of nitrogens with one attached hydrogen (secondary N) is 1. The summed E-state index contributed by atoms with van der Waals surface area (Å²) in [6, 6.07) is 6.99. The number of ether oxygens (including phenoxy) is 1. The minimum Gasteiger partial charge on any atom is -0.494 e. The predicted molar refractivity (Wildman–Crippen MR) is 98.9 cm³/mol. The van der Waals surface area contributed by atoms with Gasteiger partial charge in [-0.1, -0.05) is 0 Å². The Morgan fingerprint density at radius 1 is 1.24 bits per heavy atom. The molecule has 12 heteroatoms. The van der Waals surface area contributed by atoms with Crippen LogP contribution in [0.1, 0.15) is 23.2 Å². The summed E-state index contributed by atoms with van der Waals surface area (Å²) in [5.74, 6) is -0.125. The molecule has 0 unspecified atom stereocenters. The second kappa shape index (κ2) is 8.21. The molecule has 29 heavy (non-hydrogen) atoms. The predicted octanol–water partition coefficient (Wildman–Crippen LogP) is 2.99. The summed E-state index contributed by atoms with van der Waals surface area (Å²) in [6.45, 7) is 2.17. The summed E-state index contributed by atoms with van der Waals surface area (Å²) >= 11 is 0. The van der Waals surface area contributed by atoms with Gasteiger partial charge in [-0.2, -0.15) is 5.10 Å².